The van der Waals surface area contributed by atoms with E-state index in [-0.39, 0.29) is 18.0 Å². The number of ketones is 1. The molecule has 0 atom stereocenters. The predicted octanol–water partition coefficient (Wildman–Crippen LogP) is 4.24. The van der Waals surface area contributed by atoms with Crippen molar-refractivity contribution in [3.63, 3.8) is 0 Å². The number of hydrogen-bond donors (Lipinski definition) is 0. The van der Waals surface area contributed by atoms with Crippen molar-refractivity contribution in [2.24, 2.45) is 0 Å². The van der Waals surface area contributed by atoms with Crippen LogP contribution in [0.1, 0.15) is 15.9 Å². The van der Waals surface area contributed by atoms with Gasteiger partial charge in [0.05, 0.1) is 0 Å². The molecule has 1 aliphatic rings. The minimum Gasteiger partial charge on any atom is -0.429 e. The smallest absolute Gasteiger partial charge is 0.298 e. The third-order valence-electron chi connectivity index (χ3n) is 4.12. The van der Waals surface area contributed by atoms with Gasteiger partial charge in [-0.05, 0) is 28.8 Å². The number of fused-ring (bicyclic) bond motifs is 3. The molecule has 0 radical (unpaired) electrons. The molecule has 0 aliphatic heterocycles. The minimum atomic E-state index is -0.514. The molecule has 0 fully saturated rings. The second kappa shape index (κ2) is 5.42. The lowest BCUT2D eigenvalue weighted by Crippen LogP contribution is -1.95. The van der Waals surface area contributed by atoms with Crippen LogP contribution in [-0.2, 0) is 4.79 Å². The molecule has 0 amide bonds. The van der Waals surface area contributed by atoms with E-state index in [1.54, 1.807) is 24.3 Å². The van der Waals surface area contributed by atoms with Gasteiger partial charge in [-0.2, -0.15) is 0 Å². The van der Waals surface area contributed by atoms with Gasteiger partial charge in [0, 0.05) is 22.8 Å². The Balaban J connectivity index is 1.98. The first-order valence-corrected chi connectivity index (χ1v) is 7.37. The van der Waals surface area contributed by atoms with Gasteiger partial charge >= 0.3 is 0 Å². The molecule has 0 N–H and O–H groups in total. The first kappa shape index (κ1) is 14.3. The van der Waals surface area contributed by atoms with Crippen molar-refractivity contribution in [3.8, 4) is 28.0 Å². The van der Waals surface area contributed by atoms with E-state index in [0.29, 0.717) is 16.7 Å². The average Bonchev–Trinajstić information content (AvgIpc) is 2.88. The largest absolute Gasteiger partial charge is 0.429 e. The van der Waals surface area contributed by atoms with Crippen LogP contribution in [0.5, 0.6) is 5.75 Å². The molecule has 4 rings (SSSR count). The number of ether oxygens (including phenoxy) is 1. The Kier molecular flexibility index (Phi) is 3.24. The van der Waals surface area contributed by atoms with Crippen LogP contribution in [0.25, 0.3) is 22.3 Å². The van der Waals surface area contributed by atoms with Gasteiger partial charge in [0.1, 0.15) is 11.6 Å². The van der Waals surface area contributed by atoms with Crippen LogP contribution in [0.2, 0.25) is 0 Å². The summed E-state index contributed by atoms with van der Waals surface area (Å²) >= 11 is 0. The SMILES string of the molecule is O=COc1cc(F)cc(-c2cccc3c2-c2ccccc2C3=O)c1. The van der Waals surface area contributed by atoms with Crippen LogP contribution in [-0.4, -0.2) is 12.3 Å². The van der Waals surface area contributed by atoms with Gasteiger partial charge in [-0.15, -0.1) is 0 Å². The van der Waals surface area contributed by atoms with Crippen molar-refractivity contribution < 1.29 is 18.7 Å². The van der Waals surface area contributed by atoms with Gasteiger partial charge in [0.15, 0.2) is 5.78 Å². The highest BCUT2D eigenvalue weighted by molar-refractivity contribution is 6.23. The first-order valence-electron chi connectivity index (χ1n) is 7.37. The summed E-state index contributed by atoms with van der Waals surface area (Å²) in [6.45, 7) is 0.257. The fraction of sp³-hybridized carbons (Fsp3) is 0. The zero-order chi connectivity index (χ0) is 16.7. The molecule has 0 bridgehead atoms. The molecular formula is C20H11FO3. The third-order valence-corrected chi connectivity index (χ3v) is 4.12. The molecule has 3 aromatic carbocycles. The lowest BCUT2D eigenvalue weighted by atomic mass is 9.94. The van der Waals surface area contributed by atoms with Crippen LogP contribution < -0.4 is 4.74 Å². The van der Waals surface area contributed by atoms with Crippen LogP contribution >= 0.6 is 0 Å². The van der Waals surface area contributed by atoms with E-state index in [2.05, 4.69) is 0 Å². The highest BCUT2D eigenvalue weighted by atomic mass is 19.1. The maximum absolute atomic E-state index is 13.9. The molecule has 0 saturated carbocycles. The molecule has 116 valence electrons. The zero-order valence-corrected chi connectivity index (χ0v) is 12.5. The van der Waals surface area contributed by atoms with Gasteiger partial charge in [0.2, 0.25) is 0 Å². The molecule has 1 aliphatic carbocycles. The normalized spacial score (nSPS) is 11.8. The quantitative estimate of drug-likeness (QED) is 0.531. The number of carbonyl (C=O) groups is 2. The third kappa shape index (κ3) is 2.12. The lowest BCUT2D eigenvalue weighted by molar-refractivity contribution is -0.120. The fourth-order valence-electron chi connectivity index (χ4n) is 3.16. The van der Waals surface area contributed by atoms with Gasteiger partial charge < -0.3 is 4.74 Å². The molecule has 0 unspecified atom stereocenters. The summed E-state index contributed by atoms with van der Waals surface area (Å²) in [5, 5.41) is 0. The molecule has 0 spiro atoms. The van der Waals surface area contributed by atoms with Crippen molar-refractivity contribution in [2.45, 2.75) is 0 Å². The Morgan fingerprint density at radius 3 is 2.33 bits per heavy atom. The van der Waals surface area contributed by atoms with E-state index >= 15 is 0 Å². The number of hydrogen-bond acceptors (Lipinski definition) is 3. The maximum Gasteiger partial charge on any atom is 0.298 e. The monoisotopic (exact) mass is 318 g/mol. The van der Waals surface area contributed by atoms with Crippen molar-refractivity contribution in [1.29, 1.82) is 0 Å². The van der Waals surface area contributed by atoms with E-state index in [1.807, 2.05) is 24.3 Å². The number of halogens is 1. The fourth-order valence-corrected chi connectivity index (χ4v) is 3.16. The van der Waals surface area contributed by atoms with Gasteiger partial charge in [-0.25, -0.2) is 4.39 Å². The van der Waals surface area contributed by atoms with E-state index in [0.717, 1.165) is 22.8 Å². The predicted molar refractivity (Wildman–Crippen MR) is 87.4 cm³/mol. The van der Waals surface area contributed by atoms with Crippen LogP contribution in [0, 0.1) is 5.82 Å². The van der Waals surface area contributed by atoms with Gasteiger partial charge in [0.25, 0.3) is 6.47 Å². The minimum absolute atomic E-state index is 0.0387. The Hall–Kier alpha value is -3.27. The standard InChI is InChI=1S/C20H11FO3/c21-13-8-12(9-14(10-13)24-11-22)15-6-3-7-18-19(15)16-4-1-2-5-17(16)20(18)23/h1-11H. The van der Waals surface area contributed by atoms with Crippen molar-refractivity contribution in [3.05, 3.63) is 77.6 Å². The topological polar surface area (TPSA) is 43.4 Å². The second-order valence-corrected chi connectivity index (χ2v) is 5.49. The van der Waals surface area contributed by atoms with Crippen LogP contribution in [0.15, 0.2) is 60.7 Å². The van der Waals surface area contributed by atoms with Crippen LogP contribution in [0.4, 0.5) is 4.39 Å². The first-order chi connectivity index (χ1) is 11.7. The van der Waals surface area contributed by atoms with Crippen molar-refractivity contribution in [2.75, 3.05) is 0 Å². The summed E-state index contributed by atoms with van der Waals surface area (Å²) in [7, 11) is 0. The highest BCUT2D eigenvalue weighted by Gasteiger charge is 2.28. The van der Waals surface area contributed by atoms with Gasteiger partial charge in [-0.1, -0.05) is 42.5 Å². The molecule has 24 heavy (non-hydrogen) atoms. The van der Waals surface area contributed by atoms with E-state index < -0.39 is 5.82 Å². The Morgan fingerprint density at radius 2 is 1.54 bits per heavy atom. The van der Waals surface area contributed by atoms with Crippen molar-refractivity contribution >= 4 is 12.3 Å². The summed E-state index contributed by atoms with van der Waals surface area (Å²) in [6, 6.07) is 16.8. The Bertz CT molecular complexity index is 992. The average molecular weight is 318 g/mol. The zero-order valence-electron chi connectivity index (χ0n) is 12.5. The Morgan fingerprint density at radius 1 is 0.833 bits per heavy atom. The summed E-state index contributed by atoms with van der Waals surface area (Å²) in [4.78, 5) is 23.1. The summed E-state index contributed by atoms with van der Waals surface area (Å²) in [5.74, 6) is -0.432. The molecule has 0 aromatic heterocycles. The molecule has 0 heterocycles. The second-order valence-electron chi connectivity index (χ2n) is 5.49. The maximum atomic E-state index is 13.9. The molecule has 0 saturated heterocycles. The van der Waals surface area contributed by atoms with E-state index in [4.69, 9.17) is 4.74 Å². The number of carbonyl (C=O) groups excluding carboxylic acids is 2. The molecule has 3 nitrogen and oxygen atoms in total. The van der Waals surface area contributed by atoms with Crippen LogP contribution in [0.3, 0.4) is 0 Å². The number of rotatable bonds is 3. The summed E-state index contributed by atoms with van der Waals surface area (Å²) < 4.78 is 18.7. The summed E-state index contributed by atoms with van der Waals surface area (Å²) in [6.07, 6.45) is 0. The Labute approximate surface area is 137 Å². The molecular weight excluding hydrogens is 307 g/mol. The summed E-state index contributed by atoms with van der Waals surface area (Å²) in [5.41, 5.74) is 4.11. The van der Waals surface area contributed by atoms with Gasteiger partial charge in [-0.3, -0.25) is 9.59 Å². The number of benzene rings is 3. The highest BCUT2D eigenvalue weighted by Crippen LogP contribution is 2.43. The van der Waals surface area contributed by atoms with Crippen molar-refractivity contribution in [1.82, 2.24) is 0 Å². The van der Waals surface area contributed by atoms with E-state index in [1.165, 1.54) is 6.07 Å². The van der Waals surface area contributed by atoms with E-state index in [9.17, 15) is 14.0 Å². The molecule has 4 heteroatoms. The molecule has 3 aromatic rings. The lowest BCUT2D eigenvalue weighted by Gasteiger charge is -2.10.